The molecular formula is C8H9BO. The van der Waals surface area contributed by atoms with Gasteiger partial charge in [-0.3, -0.25) is 0 Å². The first-order valence-electron chi connectivity index (χ1n) is 3.20. The lowest BCUT2D eigenvalue weighted by Crippen LogP contribution is -1.86. The van der Waals surface area contributed by atoms with Crippen molar-refractivity contribution in [2.75, 3.05) is 7.11 Å². The average Bonchev–Trinajstić information content (AvgIpc) is 2.05. The third-order valence-electron chi connectivity index (χ3n) is 1.37. The Morgan fingerprint density at radius 1 is 1.50 bits per heavy atom. The maximum atomic E-state index is 5.42. The van der Waals surface area contributed by atoms with Crippen molar-refractivity contribution in [3.8, 4) is 5.75 Å². The molecule has 0 aliphatic rings. The van der Waals surface area contributed by atoms with Crippen LogP contribution in [-0.2, 0) is 6.32 Å². The zero-order chi connectivity index (χ0) is 7.40. The number of ether oxygens (including phenoxy) is 1. The Bertz CT molecular complexity index is 191. The van der Waals surface area contributed by atoms with E-state index in [9.17, 15) is 0 Å². The van der Waals surface area contributed by atoms with E-state index >= 15 is 0 Å². The van der Waals surface area contributed by atoms with E-state index in [1.54, 1.807) is 7.11 Å². The summed E-state index contributed by atoms with van der Waals surface area (Å²) in [5.74, 6) is 0.864. The van der Waals surface area contributed by atoms with Crippen LogP contribution >= 0.6 is 0 Å². The van der Waals surface area contributed by atoms with Gasteiger partial charge in [-0.15, -0.1) is 0 Å². The van der Waals surface area contributed by atoms with E-state index in [1.807, 2.05) is 24.3 Å². The first kappa shape index (κ1) is 7.20. The van der Waals surface area contributed by atoms with Crippen LogP contribution in [0.5, 0.6) is 5.75 Å². The van der Waals surface area contributed by atoms with Gasteiger partial charge in [0.25, 0.3) is 0 Å². The fourth-order valence-corrected chi connectivity index (χ4v) is 0.799. The van der Waals surface area contributed by atoms with Crippen molar-refractivity contribution in [2.45, 2.75) is 6.32 Å². The molecular weight excluding hydrogens is 123 g/mol. The van der Waals surface area contributed by atoms with Crippen molar-refractivity contribution < 1.29 is 4.74 Å². The largest absolute Gasteiger partial charge is 0.497 e. The minimum atomic E-state index is 0.567. The Balaban J connectivity index is 2.87. The van der Waals surface area contributed by atoms with Gasteiger partial charge in [0.05, 0.1) is 15.0 Å². The normalized spacial score (nSPS) is 9.30. The van der Waals surface area contributed by atoms with Crippen molar-refractivity contribution >= 4 is 7.85 Å². The zero-order valence-electron chi connectivity index (χ0n) is 6.00. The summed E-state index contributed by atoms with van der Waals surface area (Å²) in [7, 11) is 7.07. The summed E-state index contributed by atoms with van der Waals surface area (Å²) in [6.45, 7) is 0. The average molecular weight is 132 g/mol. The van der Waals surface area contributed by atoms with Crippen LogP contribution in [0.4, 0.5) is 0 Å². The summed E-state index contributed by atoms with van der Waals surface area (Å²) in [4.78, 5) is 0. The smallest absolute Gasteiger partial charge is 0.119 e. The quantitative estimate of drug-likeness (QED) is 0.552. The molecule has 1 rings (SSSR count). The Kier molecular flexibility index (Phi) is 2.38. The van der Waals surface area contributed by atoms with Gasteiger partial charge in [0.15, 0.2) is 0 Å². The van der Waals surface area contributed by atoms with Crippen LogP contribution in [0, 0.1) is 0 Å². The zero-order valence-corrected chi connectivity index (χ0v) is 6.00. The number of hydrogen-bond acceptors (Lipinski definition) is 1. The van der Waals surface area contributed by atoms with Crippen molar-refractivity contribution in [3.05, 3.63) is 29.8 Å². The monoisotopic (exact) mass is 132 g/mol. The van der Waals surface area contributed by atoms with E-state index in [0.717, 1.165) is 11.3 Å². The lowest BCUT2D eigenvalue weighted by atomic mass is 9.97. The highest BCUT2D eigenvalue weighted by Crippen LogP contribution is 2.11. The summed E-state index contributed by atoms with van der Waals surface area (Å²) >= 11 is 0. The summed E-state index contributed by atoms with van der Waals surface area (Å²) in [6.07, 6.45) is 0.567. The highest BCUT2D eigenvalue weighted by Gasteiger charge is 1.90. The number of methoxy groups -OCH3 is 1. The third-order valence-corrected chi connectivity index (χ3v) is 1.37. The lowest BCUT2D eigenvalue weighted by Gasteiger charge is -2.00. The van der Waals surface area contributed by atoms with E-state index in [1.165, 1.54) is 0 Å². The molecule has 0 heterocycles. The second-order valence-electron chi connectivity index (χ2n) is 2.06. The number of benzene rings is 1. The second kappa shape index (κ2) is 3.30. The van der Waals surface area contributed by atoms with Crippen LogP contribution in [0.1, 0.15) is 5.56 Å². The Morgan fingerprint density at radius 3 is 2.90 bits per heavy atom. The van der Waals surface area contributed by atoms with Crippen molar-refractivity contribution in [2.24, 2.45) is 0 Å². The highest BCUT2D eigenvalue weighted by atomic mass is 16.5. The number of hydrogen-bond donors (Lipinski definition) is 0. The van der Waals surface area contributed by atoms with E-state index in [0.29, 0.717) is 6.32 Å². The molecule has 50 valence electrons. The van der Waals surface area contributed by atoms with Crippen molar-refractivity contribution in [3.63, 3.8) is 0 Å². The van der Waals surface area contributed by atoms with E-state index in [-0.39, 0.29) is 0 Å². The van der Waals surface area contributed by atoms with Gasteiger partial charge in [-0.25, -0.2) is 0 Å². The maximum absolute atomic E-state index is 5.42. The first-order valence-corrected chi connectivity index (χ1v) is 3.20. The van der Waals surface area contributed by atoms with Crippen LogP contribution < -0.4 is 4.74 Å². The molecule has 0 N–H and O–H groups in total. The minimum absolute atomic E-state index is 0.567. The molecule has 0 spiro atoms. The van der Waals surface area contributed by atoms with Gasteiger partial charge in [-0.1, -0.05) is 24.0 Å². The van der Waals surface area contributed by atoms with Crippen LogP contribution in [0.25, 0.3) is 0 Å². The van der Waals surface area contributed by atoms with Gasteiger partial charge in [-0.2, -0.15) is 0 Å². The van der Waals surface area contributed by atoms with Crippen LogP contribution in [0.2, 0.25) is 0 Å². The molecule has 0 unspecified atom stereocenters. The molecule has 1 aromatic carbocycles. The van der Waals surface area contributed by atoms with Crippen molar-refractivity contribution in [1.29, 1.82) is 0 Å². The van der Waals surface area contributed by atoms with Crippen LogP contribution in [-0.4, -0.2) is 15.0 Å². The summed E-state index contributed by atoms with van der Waals surface area (Å²) in [5, 5.41) is 0. The van der Waals surface area contributed by atoms with Gasteiger partial charge in [-0.05, 0) is 12.1 Å². The third kappa shape index (κ3) is 1.53. The highest BCUT2D eigenvalue weighted by molar-refractivity contribution is 6.08. The molecule has 2 heteroatoms. The Morgan fingerprint density at radius 2 is 2.30 bits per heavy atom. The van der Waals surface area contributed by atoms with Gasteiger partial charge < -0.3 is 4.74 Å². The van der Waals surface area contributed by atoms with Crippen LogP contribution in [0.3, 0.4) is 0 Å². The molecule has 1 nitrogen and oxygen atoms in total. The molecule has 0 saturated carbocycles. The van der Waals surface area contributed by atoms with E-state index < -0.39 is 0 Å². The molecule has 0 fully saturated rings. The lowest BCUT2D eigenvalue weighted by molar-refractivity contribution is 0.414. The predicted octanol–water partition coefficient (Wildman–Crippen LogP) is 1.36. The second-order valence-corrected chi connectivity index (χ2v) is 2.06. The molecule has 0 bridgehead atoms. The molecule has 10 heavy (non-hydrogen) atoms. The molecule has 0 atom stereocenters. The Hall–Kier alpha value is -0.915. The molecule has 0 aromatic heterocycles. The predicted molar refractivity (Wildman–Crippen MR) is 42.5 cm³/mol. The summed E-state index contributed by atoms with van der Waals surface area (Å²) in [6, 6.07) is 7.74. The first-order chi connectivity index (χ1) is 4.86. The Labute approximate surface area is 62.4 Å². The van der Waals surface area contributed by atoms with Gasteiger partial charge in [0, 0.05) is 0 Å². The van der Waals surface area contributed by atoms with Gasteiger partial charge in [0.1, 0.15) is 5.75 Å². The fraction of sp³-hybridized carbons (Fsp3) is 0.250. The molecule has 0 amide bonds. The maximum Gasteiger partial charge on any atom is 0.119 e. The minimum Gasteiger partial charge on any atom is -0.497 e. The molecule has 0 aliphatic heterocycles. The standard InChI is InChI=1S/C8H9BO/c1-10-8-4-2-3-7(5-8)6-9/h2-5H,6H2,1H3. The van der Waals surface area contributed by atoms with Crippen molar-refractivity contribution in [1.82, 2.24) is 0 Å². The van der Waals surface area contributed by atoms with E-state index in [2.05, 4.69) is 0 Å². The van der Waals surface area contributed by atoms with E-state index in [4.69, 9.17) is 12.6 Å². The summed E-state index contributed by atoms with van der Waals surface area (Å²) < 4.78 is 5.00. The topological polar surface area (TPSA) is 9.23 Å². The van der Waals surface area contributed by atoms with Gasteiger partial charge >= 0.3 is 0 Å². The van der Waals surface area contributed by atoms with Gasteiger partial charge in [0.2, 0.25) is 0 Å². The molecule has 0 aliphatic carbocycles. The summed E-state index contributed by atoms with van der Waals surface area (Å²) in [5.41, 5.74) is 1.10. The molecule has 2 radical (unpaired) electrons. The SMILES string of the molecule is [B]Cc1cccc(OC)c1. The van der Waals surface area contributed by atoms with Crippen LogP contribution in [0.15, 0.2) is 24.3 Å². The molecule has 1 aromatic rings. The number of rotatable bonds is 2. The molecule has 0 saturated heterocycles. The fourth-order valence-electron chi connectivity index (χ4n) is 0.799.